The van der Waals surface area contributed by atoms with Crippen molar-refractivity contribution in [3.63, 3.8) is 0 Å². The van der Waals surface area contributed by atoms with Crippen molar-refractivity contribution in [1.29, 1.82) is 0 Å². The van der Waals surface area contributed by atoms with Crippen molar-refractivity contribution in [2.24, 2.45) is 0 Å². The monoisotopic (exact) mass is 644 g/mol. The second-order valence-electron chi connectivity index (χ2n) is 0. The molecule has 0 spiro atoms. The van der Waals surface area contributed by atoms with Crippen molar-refractivity contribution in [2.75, 3.05) is 0 Å². The molecule has 4 heteroatoms. The quantitative estimate of drug-likeness (QED) is 0.327. The van der Waals surface area contributed by atoms with Gasteiger partial charge in [-0.1, -0.05) is 0 Å². The Kier molecular flexibility index (Phi) is 118. The van der Waals surface area contributed by atoms with Gasteiger partial charge in [0.05, 0.1) is 0 Å². The third kappa shape index (κ3) is 8.88. The summed E-state index contributed by atoms with van der Waals surface area (Å²) in [6.45, 7) is 0. The Labute approximate surface area is 88.1 Å². The maximum absolute atomic E-state index is 0. The zero-order valence-electron chi connectivity index (χ0n) is 1.73. The van der Waals surface area contributed by atoms with Gasteiger partial charge in [0.25, 0.3) is 0 Å². The Morgan fingerprint density at radius 2 is 1.00 bits per heavy atom. The summed E-state index contributed by atoms with van der Waals surface area (Å²) in [5.41, 5.74) is 0. The molecule has 0 saturated heterocycles. The fraction of sp³-hybridized carbons (Fsp3) is 0. The first-order valence-electron chi connectivity index (χ1n) is 0. The zero-order valence-corrected chi connectivity index (χ0v) is 13.2. The van der Waals surface area contributed by atoms with E-state index in [2.05, 4.69) is 0 Å². The van der Waals surface area contributed by atoms with Crippen LogP contribution in [-0.4, -0.2) is 0 Å². The van der Waals surface area contributed by atoms with Crippen molar-refractivity contribution < 1.29 is 89.7 Å². The summed E-state index contributed by atoms with van der Waals surface area (Å²) in [6, 6.07) is 0. The first-order chi connectivity index (χ1) is 0. The van der Waals surface area contributed by atoms with Gasteiger partial charge in [-0.15, -0.1) is 0 Å². The Morgan fingerprint density at radius 3 is 1.00 bits per heavy atom. The molecule has 0 aromatic carbocycles. The standard InChI is InChI=1S/Hf.Nb.Re.W. The van der Waals surface area contributed by atoms with E-state index >= 15 is 0 Å². The number of hydrogen-bond acceptors (Lipinski definition) is 0. The third-order valence-corrected chi connectivity index (χ3v) is 0. The molecule has 0 N–H and O–H groups in total. The van der Waals surface area contributed by atoms with E-state index < -0.39 is 0 Å². The van der Waals surface area contributed by atoms with Crippen molar-refractivity contribution in [1.82, 2.24) is 0 Å². The summed E-state index contributed by atoms with van der Waals surface area (Å²) >= 11 is 0. The van der Waals surface area contributed by atoms with Crippen molar-refractivity contribution in [2.45, 2.75) is 0 Å². The first-order valence-corrected chi connectivity index (χ1v) is 0. The molecule has 22 valence electrons. The zero-order chi connectivity index (χ0) is 0. The van der Waals surface area contributed by atoms with E-state index in [0.29, 0.717) is 0 Å². The molecule has 0 rings (SSSR count). The summed E-state index contributed by atoms with van der Waals surface area (Å²) < 4.78 is 0. The van der Waals surface area contributed by atoms with E-state index in [1.165, 1.54) is 0 Å². The fourth-order valence-corrected chi connectivity index (χ4v) is 0. The van der Waals surface area contributed by atoms with Crippen molar-refractivity contribution in [3.05, 3.63) is 0 Å². The molecular weight excluding hydrogens is 641 g/mol. The third-order valence-electron chi connectivity index (χ3n) is 0. The molecule has 0 amide bonds. The number of rotatable bonds is 0. The van der Waals surface area contributed by atoms with Gasteiger partial charge in [-0.05, 0) is 0 Å². The Hall–Kier alpha value is 2.96. The largest absolute Gasteiger partial charge is 0 e. The van der Waals surface area contributed by atoms with Gasteiger partial charge in [-0.25, -0.2) is 0 Å². The molecule has 2 radical (unpaired) electrons. The van der Waals surface area contributed by atoms with Gasteiger partial charge in [0.15, 0.2) is 0 Å². The van der Waals surface area contributed by atoms with Gasteiger partial charge in [0, 0.05) is 89.7 Å². The van der Waals surface area contributed by atoms with Gasteiger partial charge in [-0.3, -0.25) is 0 Å². The molecular formula is HfNbReW. The molecule has 0 saturated carbocycles. The van der Waals surface area contributed by atoms with Crippen molar-refractivity contribution >= 4 is 0 Å². The normalized spacial score (nSPS) is 0. The van der Waals surface area contributed by atoms with Crippen LogP contribution in [0.3, 0.4) is 0 Å². The minimum absolute atomic E-state index is 0. The van der Waals surface area contributed by atoms with Gasteiger partial charge in [0.1, 0.15) is 0 Å². The average molecular weight is 641 g/mol. The van der Waals surface area contributed by atoms with Crippen LogP contribution >= 0.6 is 0 Å². The maximum Gasteiger partial charge on any atom is 0 e. The van der Waals surface area contributed by atoms with Crippen LogP contribution in [0, 0.1) is 0 Å². The van der Waals surface area contributed by atoms with Crippen molar-refractivity contribution in [3.8, 4) is 0 Å². The van der Waals surface area contributed by atoms with E-state index in [1.807, 2.05) is 0 Å². The molecule has 0 fully saturated rings. The van der Waals surface area contributed by atoms with Gasteiger partial charge in [-0.2, -0.15) is 0 Å². The topological polar surface area (TPSA) is 0 Å². The van der Waals surface area contributed by atoms with Crippen LogP contribution in [0.1, 0.15) is 0 Å². The van der Waals surface area contributed by atoms with Crippen LogP contribution in [-0.2, 0) is 89.7 Å². The number of hydrogen-bond donors (Lipinski definition) is 0. The van der Waals surface area contributed by atoms with E-state index in [9.17, 15) is 0 Å². The van der Waals surface area contributed by atoms with Crippen LogP contribution < -0.4 is 0 Å². The van der Waals surface area contributed by atoms with E-state index in [4.69, 9.17) is 0 Å². The average Bonchev–Trinajstić information content (AvgIpc) is 0. The Morgan fingerprint density at radius 1 is 1.00 bits per heavy atom. The van der Waals surface area contributed by atoms with Crippen LogP contribution in [0.2, 0.25) is 0 Å². The van der Waals surface area contributed by atoms with Gasteiger partial charge in [0.2, 0.25) is 0 Å². The molecule has 0 nitrogen and oxygen atoms in total. The van der Waals surface area contributed by atoms with Crippen LogP contribution in [0.4, 0.5) is 0 Å². The molecule has 0 aromatic heterocycles. The minimum atomic E-state index is 0. The second kappa shape index (κ2) is 16.7. The summed E-state index contributed by atoms with van der Waals surface area (Å²) in [5.74, 6) is 0. The molecule has 0 aliphatic carbocycles. The Balaban J connectivity index is 0. The summed E-state index contributed by atoms with van der Waals surface area (Å²) in [4.78, 5) is 0. The van der Waals surface area contributed by atoms with E-state index in [0.717, 1.165) is 0 Å². The van der Waals surface area contributed by atoms with E-state index in [1.54, 1.807) is 0 Å². The molecule has 0 unspecified atom stereocenters. The maximum atomic E-state index is 0. The molecule has 0 bridgehead atoms. The van der Waals surface area contributed by atoms with Gasteiger partial charge >= 0.3 is 0 Å². The predicted octanol–water partition coefficient (Wildman–Crippen LogP) is -0.0100. The summed E-state index contributed by atoms with van der Waals surface area (Å²) in [6.07, 6.45) is 0. The molecule has 0 aliphatic heterocycles. The fourth-order valence-electron chi connectivity index (χ4n) is 0. The Bertz CT molecular complexity index is 8.00. The second-order valence-corrected chi connectivity index (χ2v) is 0. The molecule has 0 heterocycles. The minimum Gasteiger partial charge on any atom is 0 e. The predicted molar refractivity (Wildman–Crippen MR) is 0 cm³/mol. The molecule has 0 aliphatic rings. The SMILES string of the molecule is [Hf].[Nb].[Re].[W]. The van der Waals surface area contributed by atoms with Crippen LogP contribution in [0.15, 0.2) is 0 Å². The molecule has 4 heavy (non-hydrogen) atoms. The van der Waals surface area contributed by atoms with Crippen LogP contribution in [0.5, 0.6) is 0 Å². The molecule has 0 aromatic rings. The smallest absolute Gasteiger partial charge is 0 e. The van der Waals surface area contributed by atoms with Crippen LogP contribution in [0.25, 0.3) is 0 Å². The van der Waals surface area contributed by atoms with E-state index in [-0.39, 0.29) is 89.7 Å². The summed E-state index contributed by atoms with van der Waals surface area (Å²) in [7, 11) is 0. The first kappa shape index (κ1) is 28.2. The molecule has 0 atom stereocenters. The van der Waals surface area contributed by atoms with Gasteiger partial charge < -0.3 is 0 Å². The summed E-state index contributed by atoms with van der Waals surface area (Å²) in [5, 5.41) is 0.